The van der Waals surface area contributed by atoms with Gasteiger partial charge in [0.05, 0.1) is 19.8 Å². The van der Waals surface area contributed by atoms with Gasteiger partial charge < -0.3 is 34.3 Å². The van der Waals surface area contributed by atoms with Crippen molar-refractivity contribution in [2.45, 2.75) is 230 Å². The Labute approximate surface area is 328 Å². The maximum absolute atomic E-state index is 12.8. The lowest BCUT2D eigenvalue weighted by atomic mass is 9.99. The summed E-state index contributed by atoms with van der Waals surface area (Å²) >= 11 is 0. The third-order valence-electron chi connectivity index (χ3n) is 10.2. The molecule has 1 saturated heterocycles. The van der Waals surface area contributed by atoms with E-state index in [0.717, 1.165) is 38.5 Å². The van der Waals surface area contributed by atoms with Gasteiger partial charge in [0.15, 0.2) is 6.29 Å². The lowest BCUT2D eigenvalue weighted by Gasteiger charge is -2.41. The van der Waals surface area contributed by atoms with Gasteiger partial charge in [0.1, 0.15) is 30.5 Å². The van der Waals surface area contributed by atoms with Crippen LogP contribution in [-0.2, 0) is 38.3 Å². The summed E-state index contributed by atoms with van der Waals surface area (Å²) in [6, 6.07) is 0. The van der Waals surface area contributed by atoms with Crippen molar-refractivity contribution < 1.29 is 56.2 Å². The Balaban J connectivity index is 2.44. The van der Waals surface area contributed by atoms with Gasteiger partial charge in [0.25, 0.3) is 0 Å². The molecule has 0 aromatic carbocycles. The number of carbonyl (C=O) groups is 1. The van der Waals surface area contributed by atoms with Crippen molar-refractivity contribution in [3.05, 3.63) is 0 Å². The van der Waals surface area contributed by atoms with E-state index < -0.39 is 59.8 Å². The summed E-state index contributed by atoms with van der Waals surface area (Å²) in [6.07, 6.45) is 24.2. The topological polar surface area (TPSA) is 178 Å². The largest absolute Gasteiger partial charge is 0.457 e. The van der Waals surface area contributed by atoms with Crippen LogP contribution in [0.3, 0.4) is 0 Å². The van der Waals surface area contributed by atoms with Gasteiger partial charge in [0.2, 0.25) is 0 Å². The van der Waals surface area contributed by atoms with E-state index in [1.807, 2.05) is 0 Å². The third kappa shape index (κ3) is 27.7. The predicted octanol–water partition coefficient (Wildman–Crippen LogP) is 8.52. The van der Waals surface area contributed by atoms with E-state index in [0.29, 0.717) is 13.0 Å². The number of ether oxygens (including phenoxy) is 4. The number of carbonyl (C=O) groups excluding carboxylic acids is 1. The van der Waals surface area contributed by atoms with E-state index in [1.54, 1.807) is 0 Å². The number of unbranched alkanes of at least 4 members (excludes halogenated alkanes) is 25. The van der Waals surface area contributed by atoms with Crippen LogP contribution in [0.1, 0.15) is 194 Å². The van der Waals surface area contributed by atoms with Crippen LogP contribution in [-0.4, -0.2) is 97.5 Å². The van der Waals surface area contributed by atoms with Gasteiger partial charge in [0, 0.05) is 13.0 Å². The van der Waals surface area contributed by atoms with Crippen molar-refractivity contribution in [2.75, 3.05) is 26.4 Å². The number of hydrogen-bond donors (Lipinski definition) is 4. The van der Waals surface area contributed by atoms with Gasteiger partial charge in [-0.05, 0) is 12.8 Å². The molecule has 1 fully saturated rings. The third-order valence-corrected chi connectivity index (χ3v) is 10.7. The van der Waals surface area contributed by atoms with Crippen LogP contribution in [0.15, 0.2) is 0 Å². The fourth-order valence-corrected chi connectivity index (χ4v) is 7.42. The van der Waals surface area contributed by atoms with Gasteiger partial charge in [-0.1, -0.05) is 174 Å². The van der Waals surface area contributed by atoms with Crippen molar-refractivity contribution in [3.8, 4) is 0 Å². The molecule has 0 aliphatic carbocycles. The van der Waals surface area contributed by atoms with Crippen molar-refractivity contribution in [2.24, 2.45) is 0 Å². The first-order chi connectivity index (χ1) is 26.1. The smallest absolute Gasteiger partial charge is 0.397 e. The van der Waals surface area contributed by atoms with E-state index in [9.17, 15) is 28.5 Å². The molecule has 0 bridgehead atoms. The molecule has 1 rings (SSSR count). The van der Waals surface area contributed by atoms with Crippen LogP contribution >= 0.6 is 0 Å². The molecule has 6 unspecified atom stereocenters. The summed E-state index contributed by atoms with van der Waals surface area (Å²) in [4.78, 5) is 12.8. The van der Waals surface area contributed by atoms with E-state index in [2.05, 4.69) is 18.0 Å². The average Bonchev–Trinajstić information content (AvgIpc) is 3.14. The Bertz CT molecular complexity index is 968. The van der Waals surface area contributed by atoms with Crippen LogP contribution in [0.25, 0.3) is 0 Å². The second-order valence-corrected chi connectivity index (χ2v) is 16.4. The molecule has 4 N–H and O–H groups in total. The zero-order chi connectivity index (χ0) is 39.7. The number of aliphatic hydroxyl groups excluding tert-OH is 3. The van der Waals surface area contributed by atoms with Crippen molar-refractivity contribution >= 4 is 16.4 Å². The summed E-state index contributed by atoms with van der Waals surface area (Å²) in [7, 11) is -5.05. The van der Waals surface area contributed by atoms with Gasteiger partial charge in [-0.25, -0.2) is 4.18 Å². The zero-order valence-corrected chi connectivity index (χ0v) is 34.9. The van der Waals surface area contributed by atoms with Crippen LogP contribution in [0.2, 0.25) is 0 Å². The molecular weight excluding hydrogens is 717 g/mol. The molecule has 0 amide bonds. The van der Waals surface area contributed by atoms with Crippen LogP contribution in [0.5, 0.6) is 0 Å². The Hall–Kier alpha value is -0.900. The highest BCUT2D eigenvalue weighted by Crippen LogP contribution is 2.26. The predicted molar refractivity (Wildman–Crippen MR) is 211 cm³/mol. The standard InChI is InChI=1S/C41H80O12S/c1-3-5-7-9-11-13-15-17-18-20-22-24-26-28-30-37(43)51-35(33-49-31-29-27-25-23-21-19-16-14-12-10-8-6-4-2)34-50-41-39(45)40(53-54(46,47)48)38(44)36(32-42)52-41/h35-36,38-42,44-45H,3-34H2,1-2H3,(H,46,47,48). The molecule has 322 valence electrons. The lowest BCUT2D eigenvalue weighted by molar-refractivity contribution is -0.301. The molecular formula is C41H80O12S. The number of aliphatic hydroxyl groups is 3. The molecule has 6 atom stereocenters. The Morgan fingerprint density at radius 2 is 1.06 bits per heavy atom. The maximum atomic E-state index is 12.8. The minimum atomic E-state index is -5.05. The molecule has 1 aliphatic heterocycles. The Morgan fingerprint density at radius 1 is 0.630 bits per heavy atom. The second-order valence-electron chi connectivity index (χ2n) is 15.3. The molecule has 1 heterocycles. The second kappa shape index (κ2) is 34.2. The van der Waals surface area contributed by atoms with Crippen molar-refractivity contribution in [1.29, 1.82) is 0 Å². The van der Waals surface area contributed by atoms with E-state index >= 15 is 0 Å². The summed E-state index contributed by atoms with van der Waals surface area (Å²) in [5.41, 5.74) is 0. The van der Waals surface area contributed by atoms with E-state index in [1.165, 1.54) is 128 Å². The Morgan fingerprint density at radius 3 is 1.48 bits per heavy atom. The van der Waals surface area contributed by atoms with Crippen LogP contribution in [0, 0.1) is 0 Å². The molecule has 0 aromatic rings. The quantitative estimate of drug-likeness (QED) is 0.0266. The van der Waals surface area contributed by atoms with Gasteiger partial charge >= 0.3 is 16.4 Å². The first kappa shape index (κ1) is 51.1. The monoisotopic (exact) mass is 797 g/mol. The molecule has 12 nitrogen and oxygen atoms in total. The number of rotatable bonds is 38. The highest BCUT2D eigenvalue weighted by molar-refractivity contribution is 7.80. The van der Waals surface area contributed by atoms with Crippen LogP contribution < -0.4 is 0 Å². The molecule has 0 saturated carbocycles. The highest BCUT2D eigenvalue weighted by Gasteiger charge is 2.48. The first-order valence-electron chi connectivity index (χ1n) is 21.8. The van der Waals surface area contributed by atoms with Crippen molar-refractivity contribution in [3.63, 3.8) is 0 Å². The Kier molecular flexibility index (Phi) is 32.3. The van der Waals surface area contributed by atoms with E-state index in [-0.39, 0.29) is 19.6 Å². The average molecular weight is 797 g/mol. The first-order valence-corrected chi connectivity index (χ1v) is 23.2. The summed E-state index contributed by atoms with van der Waals surface area (Å²) < 4.78 is 58.9. The van der Waals surface area contributed by atoms with Crippen molar-refractivity contribution in [1.82, 2.24) is 0 Å². The lowest BCUT2D eigenvalue weighted by Crippen LogP contribution is -2.60. The normalized spacial score (nSPS) is 21.0. The summed E-state index contributed by atoms with van der Waals surface area (Å²) in [5, 5.41) is 30.6. The van der Waals surface area contributed by atoms with E-state index in [4.69, 9.17) is 23.5 Å². The minimum Gasteiger partial charge on any atom is -0.457 e. The van der Waals surface area contributed by atoms with Gasteiger partial charge in [-0.15, -0.1) is 0 Å². The molecule has 0 spiro atoms. The molecule has 54 heavy (non-hydrogen) atoms. The number of esters is 1. The zero-order valence-electron chi connectivity index (χ0n) is 34.1. The molecule has 0 radical (unpaired) electrons. The van der Waals surface area contributed by atoms with Crippen LogP contribution in [0.4, 0.5) is 0 Å². The fourth-order valence-electron chi connectivity index (χ4n) is 6.91. The SMILES string of the molecule is CCCCCCCCCCCCCCCCC(=O)OC(COCCCCCCCCCCCCCCC)COC1OC(CO)C(O)C(OS(=O)(=O)O)C1O. The molecule has 13 heteroatoms. The summed E-state index contributed by atoms with van der Waals surface area (Å²) in [6.45, 7) is 4.01. The fraction of sp³-hybridized carbons (Fsp3) is 0.976. The maximum Gasteiger partial charge on any atom is 0.397 e. The highest BCUT2D eigenvalue weighted by atomic mass is 32.3. The minimum absolute atomic E-state index is 0.0442. The molecule has 1 aliphatic rings. The van der Waals surface area contributed by atoms with Gasteiger partial charge in [-0.3, -0.25) is 9.35 Å². The van der Waals surface area contributed by atoms with Gasteiger partial charge in [-0.2, -0.15) is 8.42 Å². The summed E-state index contributed by atoms with van der Waals surface area (Å²) in [5.74, 6) is -0.395. The molecule has 0 aromatic heterocycles. The number of hydrogen-bond acceptors (Lipinski definition) is 11.